The Kier molecular flexibility index (Phi) is 6.09. The molecule has 3 N–H and O–H groups in total. The SMILES string of the molecule is NC1CCC(C(=O)NCCC2CCN(CC(F)(F)F)CC2)C1. The lowest BCUT2D eigenvalue weighted by Crippen LogP contribution is -2.40. The molecule has 1 saturated heterocycles. The molecule has 7 heteroatoms. The van der Waals surface area contributed by atoms with Crippen LogP contribution in [0.3, 0.4) is 0 Å². The average molecular weight is 321 g/mol. The maximum absolute atomic E-state index is 12.3. The fourth-order valence-corrected chi connectivity index (χ4v) is 3.49. The number of rotatable bonds is 5. The molecule has 4 nitrogen and oxygen atoms in total. The van der Waals surface area contributed by atoms with Crippen LogP contribution in [0.15, 0.2) is 0 Å². The second-order valence-corrected chi connectivity index (χ2v) is 6.68. The van der Waals surface area contributed by atoms with Crippen molar-refractivity contribution in [3.05, 3.63) is 0 Å². The first-order valence-corrected chi connectivity index (χ1v) is 8.16. The van der Waals surface area contributed by atoms with Gasteiger partial charge in [0.05, 0.1) is 6.54 Å². The largest absolute Gasteiger partial charge is 0.401 e. The third-order valence-electron chi connectivity index (χ3n) is 4.81. The van der Waals surface area contributed by atoms with Gasteiger partial charge in [-0.25, -0.2) is 0 Å². The van der Waals surface area contributed by atoms with E-state index in [1.807, 2.05) is 0 Å². The van der Waals surface area contributed by atoms with Crippen LogP contribution in [0.5, 0.6) is 0 Å². The van der Waals surface area contributed by atoms with E-state index < -0.39 is 12.7 Å². The monoisotopic (exact) mass is 321 g/mol. The first kappa shape index (κ1) is 17.5. The number of hydrogen-bond acceptors (Lipinski definition) is 3. The summed E-state index contributed by atoms with van der Waals surface area (Å²) >= 11 is 0. The molecule has 1 saturated carbocycles. The van der Waals surface area contributed by atoms with Gasteiger partial charge in [0.1, 0.15) is 0 Å². The lowest BCUT2D eigenvalue weighted by molar-refractivity contribution is -0.148. The summed E-state index contributed by atoms with van der Waals surface area (Å²) in [5, 5.41) is 2.95. The molecular formula is C15H26F3N3O. The zero-order valence-electron chi connectivity index (χ0n) is 12.9. The van der Waals surface area contributed by atoms with E-state index in [4.69, 9.17) is 5.73 Å². The molecule has 2 atom stereocenters. The summed E-state index contributed by atoms with van der Waals surface area (Å²) in [5.74, 6) is 0.543. The fraction of sp³-hybridized carbons (Fsp3) is 0.933. The van der Waals surface area contributed by atoms with Crippen LogP contribution in [0, 0.1) is 11.8 Å². The first-order valence-electron chi connectivity index (χ1n) is 8.16. The molecule has 0 spiro atoms. The molecule has 2 fully saturated rings. The summed E-state index contributed by atoms with van der Waals surface area (Å²) in [6.45, 7) is 0.804. The van der Waals surface area contributed by atoms with E-state index in [-0.39, 0.29) is 17.9 Å². The number of nitrogens with zero attached hydrogens (tertiary/aromatic N) is 1. The van der Waals surface area contributed by atoms with Gasteiger partial charge in [-0.15, -0.1) is 0 Å². The maximum atomic E-state index is 12.3. The molecule has 2 aliphatic rings. The molecule has 0 radical (unpaired) electrons. The molecule has 128 valence electrons. The topological polar surface area (TPSA) is 58.4 Å². The lowest BCUT2D eigenvalue weighted by Gasteiger charge is -2.32. The Morgan fingerprint density at radius 1 is 1.18 bits per heavy atom. The van der Waals surface area contributed by atoms with E-state index in [0.717, 1.165) is 38.5 Å². The second kappa shape index (κ2) is 7.64. The Morgan fingerprint density at radius 2 is 1.86 bits per heavy atom. The van der Waals surface area contributed by atoms with Crippen molar-refractivity contribution >= 4 is 5.91 Å². The summed E-state index contributed by atoms with van der Waals surface area (Å²) in [7, 11) is 0. The number of halogens is 3. The molecule has 1 amide bonds. The number of nitrogens with two attached hydrogens (primary N) is 1. The van der Waals surface area contributed by atoms with Crippen LogP contribution in [-0.2, 0) is 4.79 Å². The van der Waals surface area contributed by atoms with Gasteiger partial charge in [-0.2, -0.15) is 13.2 Å². The zero-order valence-corrected chi connectivity index (χ0v) is 12.9. The van der Waals surface area contributed by atoms with Crippen LogP contribution in [-0.4, -0.2) is 49.2 Å². The van der Waals surface area contributed by atoms with E-state index in [1.165, 1.54) is 4.90 Å². The molecule has 22 heavy (non-hydrogen) atoms. The number of likely N-dealkylation sites (tertiary alicyclic amines) is 1. The summed E-state index contributed by atoms with van der Waals surface area (Å²) < 4.78 is 36.9. The van der Waals surface area contributed by atoms with Crippen LogP contribution >= 0.6 is 0 Å². The number of piperidine rings is 1. The highest BCUT2D eigenvalue weighted by molar-refractivity contribution is 5.78. The van der Waals surface area contributed by atoms with Gasteiger partial charge >= 0.3 is 6.18 Å². The van der Waals surface area contributed by atoms with Crippen molar-refractivity contribution in [3.63, 3.8) is 0 Å². The van der Waals surface area contributed by atoms with Gasteiger partial charge in [0.15, 0.2) is 0 Å². The minimum absolute atomic E-state index is 0.0450. The number of amides is 1. The van der Waals surface area contributed by atoms with E-state index in [0.29, 0.717) is 25.6 Å². The predicted octanol–water partition coefficient (Wildman–Crippen LogP) is 1.89. The molecular weight excluding hydrogens is 295 g/mol. The zero-order chi connectivity index (χ0) is 16.2. The van der Waals surface area contributed by atoms with Crippen molar-refractivity contribution < 1.29 is 18.0 Å². The van der Waals surface area contributed by atoms with Crippen molar-refractivity contribution in [2.45, 2.75) is 50.7 Å². The standard InChI is InChI=1S/C15H26F3N3O/c16-15(17,18)10-21-7-4-11(5-8-21)3-6-20-14(22)12-1-2-13(19)9-12/h11-13H,1-10,19H2,(H,20,22). The Labute approximate surface area is 129 Å². The summed E-state index contributed by atoms with van der Waals surface area (Å²) in [4.78, 5) is 13.4. The predicted molar refractivity (Wildman–Crippen MR) is 78.2 cm³/mol. The highest BCUT2D eigenvalue weighted by Gasteiger charge is 2.32. The molecule has 2 rings (SSSR count). The Morgan fingerprint density at radius 3 is 2.41 bits per heavy atom. The third-order valence-corrected chi connectivity index (χ3v) is 4.81. The van der Waals surface area contributed by atoms with E-state index in [2.05, 4.69) is 5.32 Å². The van der Waals surface area contributed by atoms with Gasteiger partial charge < -0.3 is 11.1 Å². The molecule has 0 aromatic carbocycles. The van der Waals surface area contributed by atoms with Gasteiger partial charge in [-0.1, -0.05) is 0 Å². The van der Waals surface area contributed by atoms with Crippen molar-refractivity contribution in [2.75, 3.05) is 26.2 Å². The van der Waals surface area contributed by atoms with Gasteiger partial charge in [-0.3, -0.25) is 9.69 Å². The number of carbonyl (C=O) groups excluding carboxylic acids is 1. The van der Waals surface area contributed by atoms with Crippen molar-refractivity contribution in [1.82, 2.24) is 10.2 Å². The smallest absolute Gasteiger partial charge is 0.356 e. The summed E-state index contributed by atoms with van der Waals surface area (Å²) in [5.41, 5.74) is 5.80. The van der Waals surface area contributed by atoms with Gasteiger partial charge in [0.25, 0.3) is 0 Å². The molecule has 1 aliphatic heterocycles. The Hall–Kier alpha value is -0.820. The van der Waals surface area contributed by atoms with Crippen molar-refractivity contribution in [3.8, 4) is 0 Å². The van der Waals surface area contributed by atoms with Crippen molar-refractivity contribution in [1.29, 1.82) is 0 Å². The molecule has 1 heterocycles. The molecule has 0 aromatic heterocycles. The fourth-order valence-electron chi connectivity index (χ4n) is 3.49. The lowest BCUT2D eigenvalue weighted by atomic mass is 9.93. The number of hydrogen-bond donors (Lipinski definition) is 2. The van der Waals surface area contributed by atoms with E-state index >= 15 is 0 Å². The third kappa shape index (κ3) is 5.76. The first-order chi connectivity index (χ1) is 10.3. The van der Waals surface area contributed by atoms with E-state index in [1.54, 1.807) is 0 Å². The minimum atomic E-state index is -4.11. The minimum Gasteiger partial charge on any atom is -0.356 e. The number of alkyl halides is 3. The Balaban J connectivity index is 1.58. The summed E-state index contributed by atoms with van der Waals surface area (Å²) in [6.07, 6.45) is 0.841. The van der Waals surface area contributed by atoms with Crippen LogP contribution < -0.4 is 11.1 Å². The molecule has 0 aromatic rings. The molecule has 0 bridgehead atoms. The number of carbonyl (C=O) groups is 1. The highest BCUT2D eigenvalue weighted by Crippen LogP contribution is 2.25. The van der Waals surface area contributed by atoms with Crippen LogP contribution in [0.2, 0.25) is 0 Å². The van der Waals surface area contributed by atoms with Crippen LogP contribution in [0.1, 0.15) is 38.5 Å². The van der Waals surface area contributed by atoms with Crippen molar-refractivity contribution in [2.24, 2.45) is 17.6 Å². The van der Waals surface area contributed by atoms with Crippen LogP contribution in [0.25, 0.3) is 0 Å². The van der Waals surface area contributed by atoms with Gasteiger partial charge in [-0.05, 0) is 57.5 Å². The second-order valence-electron chi connectivity index (χ2n) is 6.68. The summed E-state index contributed by atoms with van der Waals surface area (Å²) in [6, 6.07) is 0.147. The van der Waals surface area contributed by atoms with Gasteiger partial charge in [0.2, 0.25) is 5.91 Å². The number of nitrogens with one attached hydrogen (secondary N) is 1. The quantitative estimate of drug-likeness (QED) is 0.813. The van der Waals surface area contributed by atoms with Gasteiger partial charge in [0, 0.05) is 18.5 Å². The normalized spacial score (nSPS) is 28.0. The maximum Gasteiger partial charge on any atom is 0.401 e. The average Bonchev–Trinajstić information content (AvgIpc) is 2.86. The van der Waals surface area contributed by atoms with Crippen LogP contribution in [0.4, 0.5) is 13.2 Å². The Bertz CT molecular complexity index is 368. The van der Waals surface area contributed by atoms with E-state index in [9.17, 15) is 18.0 Å². The molecule has 2 unspecified atom stereocenters. The highest BCUT2D eigenvalue weighted by atomic mass is 19.4. The molecule has 1 aliphatic carbocycles.